The highest BCUT2D eigenvalue weighted by Crippen LogP contribution is 2.21. The van der Waals surface area contributed by atoms with Crippen molar-refractivity contribution in [2.45, 2.75) is 6.04 Å². The molecule has 2 heterocycles. The smallest absolute Gasteiger partial charge is 0.270 e. The molecule has 0 aliphatic rings. The Bertz CT molecular complexity index is 770. The standard InChI is InChI=1S/C17H17N5O/c18-15(13-4-2-1-3-5-13)11-20-17(23)16-14(10-21-22-16)12-6-8-19-9-7-12/h1-10,15H,11,18H2,(H,20,23)(H,21,22). The Kier molecular flexibility index (Phi) is 4.44. The summed E-state index contributed by atoms with van der Waals surface area (Å²) in [5.74, 6) is -0.235. The van der Waals surface area contributed by atoms with Crippen LogP contribution in [0.5, 0.6) is 0 Å². The molecule has 0 fully saturated rings. The third-order valence-electron chi connectivity index (χ3n) is 3.57. The van der Waals surface area contributed by atoms with Gasteiger partial charge in [0, 0.05) is 30.5 Å². The van der Waals surface area contributed by atoms with Crippen LogP contribution in [0.3, 0.4) is 0 Å². The summed E-state index contributed by atoms with van der Waals surface area (Å²) in [4.78, 5) is 16.4. The molecule has 3 rings (SSSR count). The van der Waals surface area contributed by atoms with Gasteiger partial charge >= 0.3 is 0 Å². The zero-order valence-corrected chi connectivity index (χ0v) is 12.4. The van der Waals surface area contributed by atoms with Gasteiger partial charge in [-0.15, -0.1) is 0 Å². The zero-order chi connectivity index (χ0) is 16.1. The molecule has 0 aliphatic heterocycles. The first-order chi connectivity index (χ1) is 11.3. The zero-order valence-electron chi connectivity index (χ0n) is 12.4. The summed E-state index contributed by atoms with van der Waals surface area (Å²) in [6.07, 6.45) is 4.98. The van der Waals surface area contributed by atoms with Gasteiger partial charge in [0.25, 0.3) is 5.91 Å². The molecule has 2 aromatic heterocycles. The average Bonchev–Trinajstić information content (AvgIpc) is 3.11. The number of nitrogens with one attached hydrogen (secondary N) is 2. The third kappa shape index (κ3) is 3.44. The predicted octanol–water partition coefficient (Wildman–Crippen LogP) is 1.90. The Labute approximate surface area is 133 Å². The Morgan fingerprint density at radius 1 is 1.17 bits per heavy atom. The maximum atomic E-state index is 12.4. The molecule has 0 saturated heterocycles. The third-order valence-corrected chi connectivity index (χ3v) is 3.57. The van der Waals surface area contributed by atoms with Crippen LogP contribution < -0.4 is 11.1 Å². The summed E-state index contributed by atoms with van der Waals surface area (Å²) < 4.78 is 0. The van der Waals surface area contributed by atoms with E-state index in [1.165, 1.54) is 0 Å². The fraction of sp³-hybridized carbons (Fsp3) is 0.118. The van der Waals surface area contributed by atoms with Crippen molar-refractivity contribution in [1.82, 2.24) is 20.5 Å². The van der Waals surface area contributed by atoms with Crippen LogP contribution in [0.4, 0.5) is 0 Å². The molecular formula is C17H17N5O. The van der Waals surface area contributed by atoms with Gasteiger partial charge in [0.15, 0.2) is 0 Å². The number of nitrogens with zero attached hydrogens (tertiary/aromatic N) is 2. The molecule has 0 spiro atoms. The number of aromatic amines is 1. The van der Waals surface area contributed by atoms with Gasteiger partial charge in [-0.05, 0) is 23.3 Å². The van der Waals surface area contributed by atoms with Crippen molar-refractivity contribution in [3.8, 4) is 11.1 Å². The van der Waals surface area contributed by atoms with Gasteiger partial charge in [0.05, 0.1) is 6.20 Å². The molecule has 1 amide bonds. The first kappa shape index (κ1) is 14.9. The summed E-state index contributed by atoms with van der Waals surface area (Å²) >= 11 is 0. The highest BCUT2D eigenvalue weighted by atomic mass is 16.1. The van der Waals surface area contributed by atoms with Gasteiger partial charge in [0.2, 0.25) is 0 Å². The number of amides is 1. The van der Waals surface area contributed by atoms with E-state index >= 15 is 0 Å². The topological polar surface area (TPSA) is 96.7 Å². The second kappa shape index (κ2) is 6.85. The second-order valence-corrected chi connectivity index (χ2v) is 5.12. The van der Waals surface area contributed by atoms with E-state index in [4.69, 9.17) is 5.73 Å². The van der Waals surface area contributed by atoms with Crippen LogP contribution in [-0.2, 0) is 0 Å². The number of hydrogen-bond donors (Lipinski definition) is 3. The number of carbonyl (C=O) groups is 1. The van der Waals surface area contributed by atoms with Crippen molar-refractivity contribution >= 4 is 5.91 Å². The monoisotopic (exact) mass is 307 g/mol. The molecule has 6 nitrogen and oxygen atoms in total. The summed E-state index contributed by atoms with van der Waals surface area (Å²) in [5, 5.41) is 9.55. The number of H-pyrrole nitrogens is 1. The first-order valence-corrected chi connectivity index (χ1v) is 7.28. The quantitative estimate of drug-likeness (QED) is 0.670. The molecule has 4 N–H and O–H groups in total. The lowest BCUT2D eigenvalue weighted by molar-refractivity contribution is 0.0947. The molecule has 1 unspecified atom stereocenters. The van der Waals surface area contributed by atoms with Gasteiger partial charge in [0.1, 0.15) is 5.69 Å². The van der Waals surface area contributed by atoms with Crippen molar-refractivity contribution in [3.63, 3.8) is 0 Å². The lowest BCUT2D eigenvalue weighted by Gasteiger charge is -2.13. The van der Waals surface area contributed by atoms with Crippen LogP contribution in [0.15, 0.2) is 61.1 Å². The van der Waals surface area contributed by atoms with Crippen LogP contribution in [0.1, 0.15) is 22.1 Å². The molecule has 6 heteroatoms. The van der Waals surface area contributed by atoms with E-state index in [1.54, 1.807) is 18.6 Å². The van der Waals surface area contributed by atoms with E-state index in [1.807, 2.05) is 42.5 Å². The van der Waals surface area contributed by atoms with E-state index in [9.17, 15) is 4.79 Å². The first-order valence-electron chi connectivity index (χ1n) is 7.28. The fourth-order valence-corrected chi connectivity index (χ4v) is 2.32. The van der Waals surface area contributed by atoms with Gasteiger partial charge in [-0.1, -0.05) is 30.3 Å². The van der Waals surface area contributed by atoms with Gasteiger partial charge < -0.3 is 11.1 Å². The highest BCUT2D eigenvalue weighted by molar-refractivity contribution is 5.98. The van der Waals surface area contributed by atoms with Crippen LogP contribution >= 0.6 is 0 Å². The molecule has 3 aromatic rings. The number of benzene rings is 1. The number of nitrogens with two attached hydrogens (primary N) is 1. The van der Waals surface area contributed by atoms with Gasteiger partial charge in [-0.3, -0.25) is 14.9 Å². The molecule has 0 bridgehead atoms. The van der Waals surface area contributed by atoms with Crippen molar-refractivity contribution < 1.29 is 4.79 Å². The molecule has 0 saturated carbocycles. The maximum Gasteiger partial charge on any atom is 0.270 e. The summed E-state index contributed by atoms with van der Waals surface area (Å²) in [7, 11) is 0. The molecule has 0 aliphatic carbocycles. The molecule has 0 radical (unpaired) electrons. The molecule has 116 valence electrons. The van der Waals surface area contributed by atoms with Crippen LogP contribution in [-0.4, -0.2) is 27.6 Å². The lowest BCUT2D eigenvalue weighted by Crippen LogP contribution is -2.32. The SMILES string of the molecule is NC(CNC(=O)c1[nH]ncc1-c1ccncc1)c1ccccc1. The molecule has 23 heavy (non-hydrogen) atoms. The lowest BCUT2D eigenvalue weighted by atomic mass is 10.1. The van der Waals surface area contributed by atoms with E-state index in [0.29, 0.717) is 12.2 Å². The molecule has 1 atom stereocenters. The summed E-state index contributed by atoms with van der Waals surface area (Å²) in [6, 6.07) is 13.1. The van der Waals surface area contributed by atoms with E-state index in [2.05, 4.69) is 20.5 Å². The summed E-state index contributed by atoms with van der Waals surface area (Å²) in [6.45, 7) is 0.345. The maximum absolute atomic E-state index is 12.4. The largest absolute Gasteiger partial charge is 0.349 e. The highest BCUT2D eigenvalue weighted by Gasteiger charge is 2.16. The minimum atomic E-state index is -0.257. The van der Waals surface area contributed by atoms with Crippen LogP contribution in [0, 0.1) is 0 Å². The van der Waals surface area contributed by atoms with Crippen molar-refractivity contribution in [1.29, 1.82) is 0 Å². The van der Waals surface area contributed by atoms with Gasteiger partial charge in [-0.2, -0.15) is 5.10 Å². The van der Waals surface area contributed by atoms with E-state index in [0.717, 1.165) is 16.7 Å². The number of carbonyl (C=O) groups excluding carboxylic acids is 1. The normalized spacial score (nSPS) is 11.9. The molecular weight excluding hydrogens is 290 g/mol. The van der Waals surface area contributed by atoms with Crippen molar-refractivity contribution in [2.24, 2.45) is 5.73 Å². The number of rotatable bonds is 5. The Morgan fingerprint density at radius 2 is 1.91 bits per heavy atom. The van der Waals surface area contributed by atoms with Crippen LogP contribution in [0.25, 0.3) is 11.1 Å². The Morgan fingerprint density at radius 3 is 2.65 bits per heavy atom. The van der Waals surface area contributed by atoms with Crippen molar-refractivity contribution in [2.75, 3.05) is 6.54 Å². The predicted molar refractivity (Wildman–Crippen MR) is 87.5 cm³/mol. The van der Waals surface area contributed by atoms with E-state index < -0.39 is 0 Å². The average molecular weight is 307 g/mol. The summed E-state index contributed by atoms with van der Waals surface area (Å²) in [5.41, 5.74) is 9.10. The fourth-order valence-electron chi connectivity index (χ4n) is 2.32. The Balaban J connectivity index is 1.69. The number of aromatic nitrogens is 3. The molecule has 1 aromatic carbocycles. The number of pyridine rings is 1. The van der Waals surface area contributed by atoms with Crippen molar-refractivity contribution in [3.05, 3.63) is 72.3 Å². The van der Waals surface area contributed by atoms with Crippen LogP contribution in [0.2, 0.25) is 0 Å². The minimum absolute atomic E-state index is 0.235. The second-order valence-electron chi connectivity index (χ2n) is 5.12. The Hall–Kier alpha value is -2.99. The minimum Gasteiger partial charge on any atom is -0.349 e. The van der Waals surface area contributed by atoms with E-state index in [-0.39, 0.29) is 11.9 Å². The number of hydrogen-bond acceptors (Lipinski definition) is 4. The van der Waals surface area contributed by atoms with Gasteiger partial charge in [-0.25, -0.2) is 0 Å².